The number of hydrogen-bond acceptors (Lipinski definition) is 1. The Morgan fingerprint density at radius 3 is 2.32 bits per heavy atom. The lowest BCUT2D eigenvalue weighted by Gasteiger charge is -2.25. The van der Waals surface area contributed by atoms with Gasteiger partial charge in [0.05, 0.1) is 0 Å². The molecule has 2 amide bonds. The third kappa shape index (κ3) is 2.81. The molecule has 0 spiro atoms. The van der Waals surface area contributed by atoms with Gasteiger partial charge in [0.2, 0.25) is 0 Å². The highest BCUT2D eigenvalue weighted by molar-refractivity contribution is 5.74. The Bertz CT molecular complexity index is 570. The molecule has 1 aromatic rings. The fourth-order valence-corrected chi connectivity index (χ4v) is 3.29. The van der Waals surface area contributed by atoms with Crippen LogP contribution in [0.15, 0.2) is 18.2 Å². The van der Waals surface area contributed by atoms with E-state index in [0.717, 1.165) is 12.5 Å². The van der Waals surface area contributed by atoms with Crippen molar-refractivity contribution in [3.05, 3.63) is 35.4 Å². The Labute approximate surface area is 130 Å². The first-order valence-corrected chi connectivity index (χ1v) is 7.75. The number of carbonyl (C=O) groups excluding carboxylic acids is 1. The van der Waals surface area contributed by atoms with E-state index in [1.165, 1.54) is 12.1 Å². The molecule has 0 radical (unpaired) electrons. The maximum atomic E-state index is 14.2. The molecule has 2 rings (SSSR count). The van der Waals surface area contributed by atoms with Gasteiger partial charge in [0.1, 0.15) is 11.6 Å². The van der Waals surface area contributed by atoms with E-state index in [-0.39, 0.29) is 11.4 Å². The predicted octanol–water partition coefficient (Wildman–Crippen LogP) is 3.68. The molecule has 1 saturated carbocycles. The number of amides is 2. The summed E-state index contributed by atoms with van der Waals surface area (Å²) < 4.78 is 27.3. The molecule has 0 saturated heterocycles. The monoisotopic (exact) mass is 310 g/mol. The first-order valence-electron chi connectivity index (χ1n) is 7.75. The van der Waals surface area contributed by atoms with Crippen LogP contribution < -0.4 is 5.32 Å². The molecule has 5 heteroatoms. The van der Waals surface area contributed by atoms with Crippen LogP contribution in [0.3, 0.4) is 0 Å². The number of nitrogens with one attached hydrogen (secondary N) is 1. The fourth-order valence-electron chi connectivity index (χ4n) is 3.29. The van der Waals surface area contributed by atoms with Crippen LogP contribution in [0.2, 0.25) is 0 Å². The summed E-state index contributed by atoms with van der Waals surface area (Å²) in [6, 6.07) is 3.55. The predicted molar refractivity (Wildman–Crippen MR) is 82.8 cm³/mol. The summed E-state index contributed by atoms with van der Waals surface area (Å²) in [5.41, 5.74) is -0.103. The first-order chi connectivity index (χ1) is 10.3. The Hall–Kier alpha value is -1.65. The van der Waals surface area contributed by atoms with Gasteiger partial charge in [-0.25, -0.2) is 13.6 Å². The van der Waals surface area contributed by atoms with Crippen molar-refractivity contribution in [1.29, 1.82) is 0 Å². The summed E-state index contributed by atoms with van der Waals surface area (Å²) in [5, 5.41) is 2.91. The third-order valence-electron chi connectivity index (χ3n) is 4.95. The van der Waals surface area contributed by atoms with Crippen LogP contribution in [0.4, 0.5) is 13.6 Å². The van der Waals surface area contributed by atoms with Crippen LogP contribution in [0.5, 0.6) is 0 Å². The number of nitrogens with zero attached hydrogens (tertiary/aromatic N) is 1. The minimum absolute atomic E-state index is 0.123. The van der Waals surface area contributed by atoms with Crippen molar-refractivity contribution in [2.75, 3.05) is 19.6 Å². The number of carbonyl (C=O) groups is 1. The molecule has 1 aromatic carbocycles. The van der Waals surface area contributed by atoms with Crippen molar-refractivity contribution >= 4 is 6.03 Å². The second kappa shape index (κ2) is 5.86. The number of hydrogen-bond donors (Lipinski definition) is 1. The molecular formula is C17H24F2N2O. The SMILES string of the molecule is CCN(CC)C(=O)NCC1(c2ccc(F)cc2F)CC1(C)C. The van der Waals surface area contributed by atoms with Crippen LogP contribution in [0, 0.1) is 17.0 Å². The van der Waals surface area contributed by atoms with Crippen LogP contribution >= 0.6 is 0 Å². The van der Waals surface area contributed by atoms with Crippen molar-refractivity contribution in [2.45, 2.75) is 39.5 Å². The minimum Gasteiger partial charge on any atom is -0.337 e. The topological polar surface area (TPSA) is 32.3 Å². The average molecular weight is 310 g/mol. The molecule has 1 aliphatic rings. The summed E-state index contributed by atoms with van der Waals surface area (Å²) in [7, 11) is 0. The maximum absolute atomic E-state index is 14.2. The van der Waals surface area contributed by atoms with Gasteiger partial charge in [-0.1, -0.05) is 19.9 Å². The Balaban J connectivity index is 2.19. The highest BCUT2D eigenvalue weighted by Crippen LogP contribution is 2.64. The molecule has 1 atom stereocenters. The van der Waals surface area contributed by atoms with Gasteiger partial charge < -0.3 is 10.2 Å². The number of halogens is 2. The normalized spacial score (nSPS) is 22.3. The summed E-state index contributed by atoms with van der Waals surface area (Å²) in [6.07, 6.45) is 0.765. The van der Waals surface area contributed by atoms with Crippen molar-refractivity contribution in [3.8, 4) is 0 Å². The molecule has 0 aliphatic heterocycles. The molecule has 0 heterocycles. The molecule has 122 valence electrons. The number of benzene rings is 1. The summed E-state index contributed by atoms with van der Waals surface area (Å²) >= 11 is 0. The second-order valence-electron chi connectivity index (χ2n) is 6.60. The second-order valence-corrected chi connectivity index (χ2v) is 6.60. The first kappa shape index (κ1) is 16.7. The van der Waals surface area contributed by atoms with Gasteiger partial charge in [0.15, 0.2) is 0 Å². The molecule has 1 aliphatic carbocycles. The third-order valence-corrected chi connectivity index (χ3v) is 4.95. The molecule has 1 N–H and O–H groups in total. The van der Waals surface area contributed by atoms with E-state index in [4.69, 9.17) is 0 Å². The smallest absolute Gasteiger partial charge is 0.317 e. The van der Waals surface area contributed by atoms with Gasteiger partial charge in [-0.15, -0.1) is 0 Å². The highest BCUT2D eigenvalue weighted by Gasteiger charge is 2.62. The maximum Gasteiger partial charge on any atom is 0.317 e. The number of rotatable bonds is 5. The molecule has 0 bridgehead atoms. The van der Waals surface area contributed by atoms with E-state index in [9.17, 15) is 13.6 Å². The molecule has 0 aromatic heterocycles. The lowest BCUT2D eigenvalue weighted by molar-refractivity contribution is 0.201. The molecule has 22 heavy (non-hydrogen) atoms. The van der Waals surface area contributed by atoms with Crippen molar-refractivity contribution in [3.63, 3.8) is 0 Å². The molecule has 1 fully saturated rings. The lowest BCUT2D eigenvalue weighted by atomic mass is 9.87. The van der Waals surface area contributed by atoms with Gasteiger partial charge in [0.25, 0.3) is 0 Å². The molecule has 1 unspecified atom stereocenters. The van der Waals surface area contributed by atoms with Crippen LogP contribution in [0.25, 0.3) is 0 Å². The van der Waals surface area contributed by atoms with E-state index >= 15 is 0 Å². The summed E-state index contributed by atoms with van der Waals surface area (Å²) in [4.78, 5) is 13.8. The number of urea groups is 1. The largest absolute Gasteiger partial charge is 0.337 e. The van der Waals surface area contributed by atoms with Crippen molar-refractivity contribution < 1.29 is 13.6 Å². The Morgan fingerprint density at radius 1 is 1.27 bits per heavy atom. The van der Waals surface area contributed by atoms with Crippen LogP contribution in [-0.4, -0.2) is 30.6 Å². The Kier molecular flexibility index (Phi) is 4.45. The zero-order chi connectivity index (χ0) is 16.5. The van der Waals surface area contributed by atoms with E-state index in [2.05, 4.69) is 5.32 Å². The van der Waals surface area contributed by atoms with E-state index < -0.39 is 17.0 Å². The minimum atomic E-state index is -0.581. The lowest BCUT2D eigenvalue weighted by Crippen LogP contribution is -2.43. The summed E-state index contributed by atoms with van der Waals surface area (Å²) in [5.74, 6) is -1.12. The van der Waals surface area contributed by atoms with Crippen molar-refractivity contribution in [1.82, 2.24) is 10.2 Å². The van der Waals surface area contributed by atoms with Crippen LogP contribution in [0.1, 0.15) is 39.7 Å². The zero-order valence-corrected chi connectivity index (χ0v) is 13.7. The highest BCUT2D eigenvalue weighted by atomic mass is 19.1. The zero-order valence-electron chi connectivity index (χ0n) is 13.7. The summed E-state index contributed by atoms with van der Waals surface area (Å²) in [6.45, 7) is 9.53. The Morgan fingerprint density at radius 2 is 1.86 bits per heavy atom. The van der Waals surface area contributed by atoms with Crippen molar-refractivity contribution in [2.24, 2.45) is 5.41 Å². The van der Waals surface area contributed by atoms with Gasteiger partial charge in [0, 0.05) is 31.1 Å². The fraction of sp³-hybridized carbons (Fsp3) is 0.588. The quantitative estimate of drug-likeness (QED) is 0.884. The van der Waals surface area contributed by atoms with Gasteiger partial charge in [-0.2, -0.15) is 0 Å². The van der Waals surface area contributed by atoms with E-state index in [1.807, 2.05) is 27.7 Å². The molecular weight excluding hydrogens is 286 g/mol. The van der Waals surface area contributed by atoms with Gasteiger partial charge >= 0.3 is 6.03 Å². The van der Waals surface area contributed by atoms with Crippen LogP contribution in [-0.2, 0) is 5.41 Å². The standard InChI is InChI=1S/C17H24F2N2O/c1-5-21(6-2)15(22)20-11-17(10-16(17,3)4)13-8-7-12(18)9-14(13)19/h7-9H,5-6,10-11H2,1-4H3,(H,20,22). The van der Waals surface area contributed by atoms with E-state index in [1.54, 1.807) is 4.90 Å². The van der Waals surface area contributed by atoms with Gasteiger partial charge in [-0.3, -0.25) is 0 Å². The van der Waals surface area contributed by atoms with Gasteiger partial charge in [-0.05, 0) is 37.3 Å². The molecule has 3 nitrogen and oxygen atoms in total. The van der Waals surface area contributed by atoms with E-state index in [0.29, 0.717) is 25.2 Å². The average Bonchev–Trinajstić information content (AvgIpc) is 3.00.